The Morgan fingerprint density at radius 3 is 2.35 bits per heavy atom. The van der Waals surface area contributed by atoms with Gasteiger partial charge in [0, 0.05) is 19.1 Å². The number of urea groups is 1. The third kappa shape index (κ3) is 3.33. The lowest BCUT2D eigenvalue weighted by atomic mass is 10.1. The van der Waals surface area contributed by atoms with Gasteiger partial charge in [-0.3, -0.25) is 4.79 Å². The zero-order valence-electron chi connectivity index (χ0n) is 10.3. The summed E-state index contributed by atoms with van der Waals surface area (Å²) in [6.45, 7) is 4.01. The van der Waals surface area contributed by atoms with Crippen LogP contribution < -0.4 is 5.32 Å². The molecule has 0 unspecified atom stereocenters. The van der Waals surface area contributed by atoms with Crippen LogP contribution in [0.5, 0.6) is 0 Å². The molecule has 0 heterocycles. The summed E-state index contributed by atoms with van der Waals surface area (Å²) in [6, 6.07) is -0.344. The Morgan fingerprint density at radius 2 is 2.00 bits per heavy atom. The molecule has 0 atom stereocenters. The summed E-state index contributed by atoms with van der Waals surface area (Å²) in [5.41, 5.74) is -0.752. The number of aliphatic carboxylic acids is 1. The maximum Gasteiger partial charge on any atom is 0.317 e. The van der Waals surface area contributed by atoms with E-state index in [1.165, 1.54) is 4.90 Å². The van der Waals surface area contributed by atoms with E-state index in [4.69, 9.17) is 10.2 Å². The first-order valence-electron chi connectivity index (χ1n) is 5.82. The standard InChI is InChI=1S/C11H20N2O4/c1-8(2)13(5-6-14)10(17)12-7-11(3-4-11)9(15)16/h8,14H,3-7H2,1-2H3,(H,12,17)(H,15,16). The average Bonchev–Trinajstić information content (AvgIpc) is 3.03. The van der Waals surface area contributed by atoms with E-state index in [1.54, 1.807) is 0 Å². The first-order chi connectivity index (χ1) is 7.93. The highest BCUT2D eigenvalue weighted by Crippen LogP contribution is 2.45. The highest BCUT2D eigenvalue weighted by atomic mass is 16.4. The number of carbonyl (C=O) groups excluding carboxylic acids is 1. The summed E-state index contributed by atoms with van der Waals surface area (Å²) < 4.78 is 0. The molecule has 0 spiro atoms. The van der Waals surface area contributed by atoms with Gasteiger partial charge in [0.05, 0.1) is 12.0 Å². The Hall–Kier alpha value is -1.30. The molecule has 6 heteroatoms. The van der Waals surface area contributed by atoms with Crippen LogP contribution in [0.15, 0.2) is 0 Å². The number of amides is 2. The molecule has 2 amide bonds. The second-order valence-corrected chi connectivity index (χ2v) is 4.75. The molecule has 98 valence electrons. The van der Waals surface area contributed by atoms with Crippen molar-refractivity contribution in [3.8, 4) is 0 Å². The number of carboxylic acids is 1. The highest BCUT2D eigenvalue weighted by molar-refractivity contribution is 5.80. The third-order valence-corrected chi connectivity index (χ3v) is 3.11. The summed E-state index contributed by atoms with van der Waals surface area (Å²) in [4.78, 5) is 24.2. The quantitative estimate of drug-likeness (QED) is 0.625. The number of carboxylic acid groups (broad SMARTS) is 1. The minimum atomic E-state index is -0.851. The first kappa shape index (κ1) is 13.8. The van der Waals surface area contributed by atoms with Crippen molar-refractivity contribution < 1.29 is 19.8 Å². The van der Waals surface area contributed by atoms with E-state index in [1.807, 2.05) is 13.8 Å². The van der Waals surface area contributed by atoms with E-state index in [0.29, 0.717) is 12.8 Å². The van der Waals surface area contributed by atoms with Crippen molar-refractivity contribution >= 4 is 12.0 Å². The fourth-order valence-corrected chi connectivity index (χ4v) is 1.67. The molecular weight excluding hydrogens is 224 g/mol. The van der Waals surface area contributed by atoms with Crippen LogP contribution in [0.3, 0.4) is 0 Å². The van der Waals surface area contributed by atoms with Crippen molar-refractivity contribution in [3.63, 3.8) is 0 Å². The van der Waals surface area contributed by atoms with Crippen molar-refractivity contribution in [1.82, 2.24) is 10.2 Å². The van der Waals surface area contributed by atoms with Crippen LogP contribution in [0.2, 0.25) is 0 Å². The molecule has 6 nitrogen and oxygen atoms in total. The maximum atomic E-state index is 11.8. The summed E-state index contributed by atoms with van der Waals surface area (Å²) in [5.74, 6) is -0.851. The lowest BCUT2D eigenvalue weighted by Crippen LogP contribution is -2.47. The SMILES string of the molecule is CC(C)N(CCO)C(=O)NCC1(C(=O)O)CC1. The van der Waals surface area contributed by atoms with Crippen LogP contribution in [0.25, 0.3) is 0 Å². The van der Waals surface area contributed by atoms with E-state index in [-0.39, 0.29) is 31.8 Å². The Labute approximate surface area is 101 Å². The second-order valence-electron chi connectivity index (χ2n) is 4.75. The fraction of sp³-hybridized carbons (Fsp3) is 0.818. The molecule has 0 aromatic carbocycles. The van der Waals surface area contributed by atoms with Gasteiger partial charge in [0.2, 0.25) is 0 Å². The Kier molecular flexibility index (Phi) is 4.34. The molecule has 0 bridgehead atoms. The third-order valence-electron chi connectivity index (χ3n) is 3.11. The molecule has 0 radical (unpaired) electrons. The number of aliphatic hydroxyl groups excluding tert-OH is 1. The molecule has 1 fully saturated rings. The van der Waals surface area contributed by atoms with Crippen LogP contribution >= 0.6 is 0 Å². The van der Waals surface area contributed by atoms with Crippen LogP contribution in [0, 0.1) is 5.41 Å². The Morgan fingerprint density at radius 1 is 1.41 bits per heavy atom. The summed E-state index contributed by atoms with van der Waals surface area (Å²) in [6.07, 6.45) is 1.23. The molecule has 0 saturated heterocycles. The molecule has 0 aromatic rings. The summed E-state index contributed by atoms with van der Waals surface area (Å²) in [7, 11) is 0. The lowest BCUT2D eigenvalue weighted by molar-refractivity contribution is -0.143. The minimum Gasteiger partial charge on any atom is -0.481 e. The van der Waals surface area contributed by atoms with E-state index in [0.717, 1.165) is 0 Å². The molecule has 1 rings (SSSR count). The van der Waals surface area contributed by atoms with Crippen LogP contribution in [-0.4, -0.2) is 52.9 Å². The van der Waals surface area contributed by atoms with Crippen molar-refractivity contribution in [3.05, 3.63) is 0 Å². The number of rotatable bonds is 6. The molecular formula is C11H20N2O4. The normalized spacial score (nSPS) is 16.7. The maximum absolute atomic E-state index is 11.8. The van der Waals surface area contributed by atoms with E-state index >= 15 is 0 Å². The van der Waals surface area contributed by atoms with Gasteiger partial charge in [-0.05, 0) is 26.7 Å². The van der Waals surface area contributed by atoms with Gasteiger partial charge in [-0.2, -0.15) is 0 Å². The van der Waals surface area contributed by atoms with Crippen LogP contribution in [-0.2, 0) is 4.79 Å². The Balaban J connectivity index is 2.45. The molecule has 17 heavy (non-hydrogen) atoms. The van der Waals surface area contributed by atoms with Crippen LogP contribution in [0.4, 0.5) is 4.79 Å². The zero-order valence-corrected chi connectivity index (χ0v) is 10.3. The van der Waals surface area contributed by atoms with Crippen LogP contribution in [0.1, 0.15) is 26.7 Å². The first-order valence-corrected chi connectivity index (χ1v) is 5.82. The second kappa shape index (κ2) is 5.35. The molecule has 1 aliphatic carbocycles. The van der Waals surface area contributed by atoms with E-state index in [9.17, 15) is 9.59 Å². The molecule has 1 aliphatic rings. The largest absolute Gasteiger partial charge is 0.481 e. The number of hydrogen-bond donors (Lipinski definition) is 3. The summed E-state index contributed by atoms with van der Waals surface area (Å²) in [5, 5.41) is 20.4. The average molecular weight is 244 g/mol. The van der Waals surface area contributed by atoms with Gasteiger partial charge in [-0.25, -0.2) is 4.79 Å². The smallest absolute Gasteiger partial charge is 0.317 e. The van der Waals surface area contributed by atoms with Crippen molar-refractivity contribution in [1.29, 1.82) is 0 Å². The van der Waals surface area contributed by atoms with Gasteiger partial charge in [0.15, 0.2) is 0 Å². The molecule has 3 N–H and O–H groups in total. The molecule has 0 aromatic heterocycles. The van der Waals surface area contributed by atoms with Gasteiger partial charge in [-0.1, -0.05) is 0 Å². The van der Waals surface area contributed by atoms with Crippen molar-refractivity contribution in [2.24, 2.45) is 5.41 Å². The Bertz CT molecular complexity index is 300. The predicted molar refractivity (Wildman–Crippen MR) is 61.6 cm³/mol. The molecule has 0 aliphatic heterocycles. The predicted octanol–water partition coefficient (Wildman–Crippen LogP) is 0.263. The van der Waals surface area contributed by atoms with Gasteiger partial charge >= 0.3 is 12.0 Å². The number of aliphatic hydroxyl groups is 1. The van der Waals surface area contributed by atoms with Gasteiger partial charge < -0.3 is 20.4 Å². The number of hydrogen-bond acceptors (Lipinski definition) is 3. The van der Waals surface area contributed by atoms with Gasteiger partial charge in [0.25, 0.3) is 0 Å². The monoisotopic (exact) mass is 244 g/mol. The molecule has 1 saturated carbocycles. The van der Waals surface area contributed by atoms with Gasteiger partial charge in [0.1, 0.15) is 0 Å². The number of nitrogens with one attached hydrogen (secondary N) is 1. The number of nitrogens with zero attached hydrogens (tertiary/aromatic N) is 1. The fourth-order valence-electron chi connectivity index (χ4n) is 1.67. The summed E-state index contributed by atoms with van der Waals surface area (Å²) >= 11 is 0. The zero-order chi connectivity index (χ0) is 13.1. The topological polar surface area (TPSA) is 89.9 Å². The lowest BCUT2D eigenvalue weighted by Gasteiger charge is -2.26. The van der Waals surface area contributed by atoms with Crippen molar-refractivity contribution in [2.75, 3.05) is 19.7 Å². The van der Waals surface area contributed by atoms with Gasteiger partial charge in [-0.15, -0.1) is 0 Å². The van der Waals surface area contributed by atoms with Crippen molar-refractivity contribution in [2.45, 2.75) is 32.7 Å². The highest BCUT2D eigenvalue weighted by Gasteiger charge is 2.50. The minimum absolute atomic E-state index is 0.0258. The van der Waals surface area contributed by atoms with E-state index in [2.05, 4.69) is 5.32 Å². The number of carbonyl (C=O) groups is 2. The van der Waals surface area contributed by atoms with E-state index < -0.39 is 11.4 Å².